The molecule has 0 saturated carbocycles. The zero-order valence-corrected chi connectivity index (χ0v) is 23.3. The summed E-state index contributed by atoms with van der Waals surface area (Å²) >= 11 is 0. The van der Waals surface area contributed by atoms with Crippen LogP contribution < -0.4 is 15.1 Å². The lowest BCUT2D eigenvalue weighted by Crippen LogP contribution is -2.62. The van der Waals surface area contributed by atoms with Gasteiger partial charge in [-0.25, -0.2) is 4.98 Å². The quantitative estimate of drug-likeness (QED) is 0.516. The second-order valence-electron chi connectivity index (χ2n) is 12.1. The van der Waals surface area contributed by atoms with Gasteiger partial charge in [-0.15, -0.1) is 0 Å². The number of nitrogens with one attached hydrogen (secondary N) is 1. The van der Waals surface area contributed by atoms with Crippen molar-refractivity contribution in [3.8, 4) is 6.07 Å². The van der Waals surface area contributed by atoms with E-state index in [9.17, 15) is 5.26 Å². The Morgan fingerprint density at radius 2 is 2.10 bits per heavy atom. The normalized spacial score (nSPS) is 29.2. The van der Waals surface area contributed by atoms with Gasteiger partial charge in [-0.1, -0.05) is 0 Å². The zero-order chi connectivity index (χ0) is 28.4. The predicted octanol–water partition coefficient (Wildman–Crippen LogP) is 2.01. The lowest BCUT2D eigenvalue weighted by atomic mass is 9.86. The average Bonchev–Trinajstić information content (AvgIpc) is 3.58. The molecule has 1 N–H and O–H groups in total. The standard InChI is InChI=1S/C31H35N7O3/c1-20-12-37(27-5-4-21(10-32)30-24(27)3-2-6-34-30)14-23(41-20)13-36-18-31(19-36)25-11-35-29(9-22(25)17-40-31)38-15-26-28(16-38)39-8-7-33-26/h2-6,9,11,20,23,26,28,33H,7-8,12-19H2,1H3/t20-,23+,26-,28-/m1/s1/i6D. The number of nitrogens with zero attached hydrogens (tertiary/aromatic N) is 6. The molecule has 10 heteroatoms. The van der Waals surface area contributed by atoms with Crippen LogP contribution in [0.2, 0.25) is 0 Å². The van der Waals surface area contributed by atoms with Crippen molar-refractivity contribution in [2.24, 2.45) is 0 Å². The van der Waals surface area contributed by atoms with Crippen molar-refractivity contribution < 1.29 is 15.6 Å². The van der Waals surface area contributed by atoms with Gasteiger partial charge in [0.1, 0.15) is 17.5 Å². The minimum atomic E-state index is -0.284. The van der Waals surface area contributed by atoms with Gasteiger partial charge in [-0.3, -0.25) is 9.88 Å². The fourth-order valence-corrected chi connectivity index (χ4v) is 7.43. The summed E-state index contributed by atoms with van der Waals surface area (Å²) in [7, 11) is 0. The lowest BCUT2D eigenvalue weighted by molar-refractivity contribution is -0.155. The molecule has 41 heavy (non-hydrogen) atoms. The zero-order valence-electron chi connectivity index (χ0n) is 24.3. The molecule has 5 aliphatic rings. The molecule has 3 aromatic rings. The molecular formula is C31H35N7O3. The molecule has 0 bridgehead atoms. The van der Waals surface area contributed by atoms with Crippen molar-refractivity contribution in [1.82, 2.24) is 20.2 Å². The average molecular weight is 555 g/mol. The van der Waals surface area contributed by atoms with Crippen molar-refractivity contribution in [2.75, 3.05) is 68.8 Å². The van der Waals surface area contributed by atoms with Crippen molar-refractivity contribution >= 4 is 22.4 Å². The first-order valence-corrected chi connectivity index (χ1v) is 14.6. The smallest absolute Gasteiger partial charge is 0.128 e. The van der Waals surface area contributed by atoms with Crippen LogP contribution in [0.15, 0.2) is 42.7 Å². The predicted molar refractivity (Wildman–Crippen MR) is 154 cm³/mol. The molecule has 0 amide bonds. The Balaban J connectivity index is 0.940. The highest BCUT2D eigenvalue weighted by Gasteiger charge is 2.51. The molecule has 0 aliphatic carbocycles. The molecule has 4 atom stereocenters. The van der Waals surface area contributed by atoms with Gasteiger partial charge in [0.15, 0.2) is 0 Å². The molecule has 212 valence electrons. The van der Waals surface area contributed by atoms with Crippen LogP contribution >= 0.6 is 0 Å². The van der Waals surface area contributed by atoms with Crippen LogP contribution in [0, 0.1) is 11.3 Å². The fraction of sp³-hybridized carbons (Fsp3) is 0.516. The monoisotopic (exact) mass is 554 g/mol. The van der Waals surface area contributed by atoms with E-state index in [1.807, 2.05) is 24.4 Å². The van der Waals surface area contributed by atoms with E-state index in [4.69, 9.17) is 20.6 Å². The molecule has 4 fully saturated rings. The van der Waals surface area contributed by atoms with Crippen LogP contribution in [-0.4, -0.2) is 98.2 Å². The summed E-state index contributed by atoms with van der Waals surface area (Å²) < 4.78 is 26.7. The van der Waals surface area contributed by atoms with Gasteiger partial charge in [-0.2, -0.15) is 5.26 Å². The second kappa shape index (κ2) is 9.89. The van der Waals surface area contributed by atoms with Crippen LogP contribution in [-0.2, 0) is 26.4 Å². The molecule has 2 aromatic heterocycles. The van der Waals surface area contributed by atoms with Gasteiger partial charge in [0.05, 0.1) is 50.0 Å². The SMILES string of the molecule is [2H]c1ccc2c(N3C[C@H](CN4CC5(C4)OCc4cc(N6C[C@H]7NCCO[C@@H]7C6)ncc45)O[C@H](C)C3)ccc(C#N)c2n1. The first kappa shape index (κ1) is 24.3. The molecule has 0 radical (unpaired) electrons. The summed E-state index contributed by atoms with van der Waals surface area (Å²) in [5.41, 5.74) is 4.30. The van der Waals surface area contributed by atoms with E-state index < -0.39 is 0 Å². The lowest BCUT2D eigenvalue weighted by Gasteiger charge is -2.49. The molecule has 7 heterocycles. The Hall–Kier alpha value is -3.33. The summed E-state index contributed by atoms with van der Waals surface area (Å²) in [6.45, 7) is 10.2. The number of pyridine rings is 2. The van der Waals surface area contributed by atoms with E-state index >= 15 is 0 Å². The number of likely N-dealkylation sites (tertiary alicyclic amines) is 1. The Bertz CT molecular complexity index is 1560. The Labute approximate surface area is 241 Å². The van der Waals surface area contributed by atoms with Gasteiger partial charge < -0.3 is 29.3 Å². The highest BCUT2D eigenvalue weighted by Crippen LogP contribution is 2.44. The maximum Gasteiger partial charge on any atom is 0.128 e. The van der Waals surface area contributed by atoms with Crippen molar-refractivity contribution in [3.63, 3.8) is 0 Å². The number of morpholine rings is 2. The van der Waals surface area contributed by atoms with Crippen LogP contribution in [0.25, 0.3) is 10.9 Å². The molecule has 0 unspecified atom stereocenters. The Kier molecular flexibility index (Phi) is 5.86. The van der Waals surface area contributed by atoms with E-state index in [-0.39, 0.29) is 30.1 Å². The molecular weight excluding hydrogens is 518 g/mol. The summed E-state index contributed by atoms with van der Waals surface area (Å²) in [6, 6.07) is 12.2. The summed E-state index contributed by atoms with van der Waals surface area (Å²) in [5, 5.41) is 14.1. The maximum atomic E-state index is 9.58. The van der Waals surface area contributed by atoms with Crippen molar-refractivity contribution in [2.45, 2.75) is 43.5 Å². The van der Waals surface area contributed by atoms with Gasteiger partial charge in [0.25, 0.3) is 0 Å². The highest BCUT2D eigenvalue weighted by molar-refractivity contribution is 5.95. The van der Waals surface area contributed by atoms with Crippen LogP contribution in [0.5, 0.6) is 0 Å². The number of rotatable bonds is 4. The molecule has 1 aromatic carbocycles. The number of fused-ring (bicyclic) bond motifs is 4. The highest BCUT2D eigenvalue weighted by atomic mass is 16.5. The summed E-state index contributed by atoms with van der Waals surface area (Å²) in [4.78, 5) is 16.3. The molecule has 5 aliphatic heterocycles. The second-order valence-corrected chi connectivity index (χ2v) is 12.1. The van der Waals surface area contributed by atoms with Crippen LogP contribution in [0.1, 0.15) is 25.0 Å². The number of hydrogen-bond donors (Lipinski definition) is 1. The van der Waals surface area contributed by atoms with Gasteiger partial charge >= 0.3 is 0 Å². The minimum Gasteiger partial charge on any atom is -0.373 e. The number of nitriles is 1. The van der Waals surface area contributed by atoms with E-state index in [0.29, 0.717) is 23.7 Å². The molecule has 10 nitrogen and oxygen atoms in total. The molecule has 4 saturated heterocycles. The first-order valence-electron chi connectivity index (χ1n) is 15.1. The maximum absolute atomic E-state index is 9.58. The number of aromatic nitrogens is 2. The number of hydrogen-bond acceptors (Lipinski definition) is 10. The Morgan fingerprint density at radius 1 is 1.17 bits per heavy atom. The summed E-state index contributed by atoms with van der Waals surface area (Å²) in [5.74, 6) is 1.01. The molecule has 1 spiro atoms. The van der Waals surface area contributed by atoms with E-state index in [1.165, 1.54) is 11.1 Å². The largest absolute Gasteiger partial charge is 0.373 e. The van der Waals surface area contributed by atoms with Gasteiger partial charge in [0.2, 0.25) is 0 Å². The number of ether oxygens (including phenoxy) is 3. The third-order valence-electron chi connectivity index (χ3n) is 9.30. The van der Waals surface area contributed by atoms with Crippen LogP contribution in [0.3, 0.4) is 0 Å². The Morgan fingerprint density at radius 3 is 2.98 bits per heavy atom. The van der Waals surface area contributed by atoms with E-state index in [1.54, 1.807) is 6.07 Å². The summed E-state index contributed by atoms with van der Waals surface area (Å²) in [6.07, 6.45) is 2.54. The van der Waals surface area contributed by atoms with E-state index in [0.717, 1.165) is 75.9 Å². The van der Waals surface area contributed by atoms with Crippen LogP contribution in [0.4, 0.5) is 11.5 Å². The van der Waals surface area contributed by atoms with Gasteiger partial charge in [-0.05, 0) is 42.8 Å². The van der Waals surface area contributed by atoms with Crippen molar-refractivity contribution in [3.05, 3.63) is 59.4 Å². The van der Waals surface area contributed by atoms with E-state index in [2.05, 4.69) is 44.1 Å². The number of benzene rings is 1. The van der Waals surface area contributed by atoms with Crippen molar-refractivity contribution in [1.29, 1.82) is 5.26 Å². The fourth-order valence-electron chi connectivity index (χ4n) is 7.43. The third-order valence-corrected chi connectivity index (χ3v) is 9.30. The third kappa shape index (κ3) is 4.35. The van der Waals surface area contributed by atoms with Gasteiger partial charge in [0, 0.05) is 81.4 Å². The number of anilines is 2. The molecule has 8 rings (SSSR count). The first-order chi connectivity index (χ1) is 20.5. The topological polar surface area (TPSA) is 99.0 Å². The minimum absolute atomic E-state index is 0.0381.